The molecule has 0 radical (unpaired) electrons. The van der Waals surface area contributed by atoms with Crippen LogP contribution >= 0.6 is 11.3 Å². The molecule has 0 unspecified atom stereocenters. The maximum absolute atomic E-state index is 9.92. The van der Waals surface area contributed by atoms with E-state index in [0.29, 0.717) is 18.1 Å². The van der Waals surface area contributed by atoms with Gasteiger partial charge in [-0.05, 0) is 68.2 Å². The van der Waals surface area contributed by atoms with Gasteiger partial charge in [0.1, 0.15) is 5.75 Å². The molecular weight excluding hydrogens is 410 g/mol. The van der Waals surface area contributed by atoms with Crippen molar-refractivity contribution in [2.24, 2.45) is 0 Å². The quantitative estimate of drug-likeness (QED) is 0.469. The monoisotopic (exact) mass is 443 g/mol. The maximum Gasteiger partial charge on any atom is 0.268 e. The Kier molecular flexibility index (Phi) is 7.86. The van der Waals surface area contributed by atoms with E-state index in [0.717, 1.165) is 53.4 Å². The van der Waals surface area contributed by atoms with Crippen LogP contribution < -0.4 is 4.74 Å². The van der Waals surface area contributed by atoms with Gasteiger partial charge in [0, 0.05) is 23.4 Å². The largest absolute Gasteiger partial charge is 0.496 e. The van der Waals surface area contributed by atoms with E-state index in [1.54, 1.807) is 25.4 Å². The molecule has 1 N–H and O–H groups in total. The highest BCUT2D eigenvalue weighted by Gasteiger charge is 2.19. The Labute approximate surface area is 188 Å². The van der Waals surface area contributed by atoms with Crippen LogP contribution in [0.2, 0.25) is 0 Å². The lowest BCUT2D eigenvalue weighted by Gasteiger charge is -2.17. The number of methoxy groups -OCH3 is 1. The van der Waals surface area contributed by atoms with Crippen LogP contribution in [0.25, 0.3) is 22.2 Å². The summed E-state index contributed by atoms with van der Waals surface area (Å²) in [5.41, 5.74) is 4.14. The van der Waals surface area contributed by atoms with E-state index in [9.17, 15) is 5.11 Å². The number of aliphatic hydroxyl groups excluding tert-OH is 1. The maximum atomic E-state index is 9.92. The van der Waals surface area contributed by atoms with Crippen LogP contribution in [0.1, 0.15) is 49.3 Å². The van der Waals surface area contributed by atoms with Gasteiger partial charge in [0.15, 0.2) is 0 Å². The molecule has 31 heavy (non-hydrogen) atoms. The Morgan fingerprint density at radius 3 is 2.48 bits per heavy atom. The number of aromatic nitrogens is 2. The van der Waals surface area contributed by atoms with E-state index in [1.807, 2.05) is 12.1 Å². The fourth-order valence-electron chi connectivity index (χ4n) is 3.75. The molecule has 3 aromatic rings. The van der Waals surface area contributed by atoms with Gasteiger partial charge < -0.3 is 14.4 Å². The third kappa shape index (κ3) is 5.34. The standard InChI is InChI=1S/C24H33N3O3S/c1-7-17-12-19(13-18(11-16(5)28)22(17)29-6)23-25-24(30-26-23)20-10-15(4)21(31-20)14-27(8-2)9-3/h10,12-13,16,28H,7-9,11,14H2,1-6H3/t16-/m0/s1. The molecule has 7 heteroatoms. The van der Waals surface area contributed by atoms with Gasteiger partial charge in [-0.15, -0.1) is 11.3 Å². The van der Waals surface area contributed by atoms with Crippen molar-refractivity contribution in [3.05, 3.63) is 39.8 Å². The van der Waals surface area contributed by atoms with Gasteiger partial charge in [-0.1, -0.05) is 25.9 Å². The number of aliphatic hydroxyl groups is 1. The number of aryl methyl sites for hydroxylation is 2. The molecule has 2 heterocycles. The van der Waals surface area contributed by atoms with E-state index < -0.39 is 6.10 Å². The van der Waals surface area contributed by atoms with E-state index in [1.165, 1.54) is 10.4 Å². The molecule has 1 aromatic carbocycles. The van der Waals surface area contributed by atoms with Crippen molar-refractivity contribution in [3.8, 4) is 27.9 Å². The molecule has 6 nitrogen and oxygen atoms in total. The molecule has 168 valence electrons. The van der Waals surface area contributed by atoms with Crippen LogP contribution in [0.3, 0.4) is 0 Å². The predicted octanol–water partition coefficient (Wildman–Crippen LogP) is 5.11. The molecule has 3 rings (SSSR count). The SMILES string of the molecule is CCc1cc(-c2noc(-c3cc(C)c(CN(CC)CC)s3)n2)cc(C[C@H](C)O)c1OC. The summed E-state index contributed by atoms with van der Waals surface area (Å²) in [6.07, 6.45) is 0.856. The van der Waals surface area contributed by atoms with E-state index in [2.05, 4.69) is 43.8 Å². The molecule has 0 aliphatic heterocycles. The van der Waals surface area contributed by atoms with E-state index >= 15 is 0 Å². The Balaban J connectivity index is 1.94. The number of hydrogen-bond donors (Lipinski definition) is 1. The van der Waals surface area contributed by atoms with Gasteiger partial charge in [-0.2, -0.15) is 4.98 Å². The summed E-state index contributed by atoms with van der Waals surface area (Å²) in [6.45, 7) is 13.4. The van der Waals surface area contributed by atoms with Crippen molar-refractivity contribution in [3.63, 3.8) is 0 Å². The molecule has 0 spiro atoms. The van der Waals surface area contributed by atoms with Crippen molar-refractivity contribution in [2.75, 3.05) is 20.2 Å². The first-order valence-corrected chi connectivity index (χ1v) is 11.8. The summed E-state index contributed by atoms with van der Waals surface area (Å²) in [5.74, 6) is 1.92. The molecule has 0 fully saturated rings. The van der Waals surface area contributed by atoms with Crippen LogP contribution in [0.4, 0.5) is 0 Å². The fraction of sp³-hybridized carbons (Fsp3) is 0.500. The lowest BCUT2D eigenvalue weighted by Crippen LogP contribution is -2.21. The smallest absolute Gasteiger partial charge is 0.268 e. The number of rotatable bonds is 10. The zero-order valence-corrected chi connectivity index (χ0v) is 20.2. The zero-order valence-electron chi connectivity index (χ0n) is 19.4. The van der Waals surface area contributed by atoms with Crippen molar-refractivity contribution in [2.45, 2.75) is 60.1 Å². The summed E-state index contributed by atoms with van der Waals surface area (Å²) >= 11 is 1.71. The van der Waals surface area contributed by atoms with Crippen molar-refractivity contribution in [1.82, 2.24) is 15.0 Å². The van der Waals surface area contributed by atoms with Crippen molar-refractivity contribution < 1.29 is 14.4 Å². The topological polar surface area (TPSA) is 71.6 Å². The second-order valence-electron chi connectivity index (χ2n) is 7.84. The first-order valence-electron chi connectivity index (χ1n) is 10.9. The number of nitrogens with zero attached hydrogens (tertiary/aromatic N) is 3. The molecule has 0 amide bonds. The van der Waals surface area contributed by atoms with Crippen LogP contribution in [0.5, 0.6) is 5.75 Å². The first-order chi connectivity index (χ1) is 14.9. The minimum Gasteiger partial charge on any atom is -0.496 e. The number of hydrogen-bond acceptors (Lipinski definition) is 7. The third-order valence-electron chi connectivity index (χ3n) is 5.52. The fourth-order valence-corrected chi connectivity index (χ4v) is 4.89. The number of benzene rings is 1. The average molecular weight is 444 g/mol. The van der Waals surface area contributed by atoms with Gasteiger partial charge in [-0.3, -0.25) is 4.90 Å². The second kappa shape index (κ2) is 10.4. The second-order valence-corrected chi connectivity index (χ2v) is 8.97. The van der Waals surface area contributed by atoms with Gasteiger partial charge in [0.25, 0.3) is 5.89 Å². The minimum atomic E-state index is -0.465. The highest BCUT2D eigenvalue weighted by Crippen LogP contribution is 2.34. The van der Waals surface area contributed by atoms with Crippen LogP contribution in [-0.4, -0.2) is 46.5 Å². The number of ether oxygens (including phenoxy) is 1. The average Bonchev–Trinajstić information content (AvgIpc) is 3.38. The molecule has 0 aliphatic carbocycles. The molecule has 0 bridgehead atoms. The number of thiophene rings is 1. The predicted molar refractivity (Wildman–Crippen MR) is 126 cm³/mol. The van der Waals surface area contributed by atoms with Crippen molar-refractivity contribution >= 4 is 11.3 Å². The molecule has 2 aromatic heterocycles. The first kappa shape index (κ1) is 23.4. The normalized spacial score (nSPS) is 12.5. The van der Waals surface area contributed by atoms with Crippen LogP contribution in [0, 0.1) is 6.92 Å². The molecule has 0 saturated carbocycles. The van der Waals surface area contributed by atoms with E-state index in [-0.39, 0.29) is 0 Å². The van der Waals surface area contributed by atoms with Gasteiger partial charge in [0.05, 0.1) is 18.1 Å². The molecule has 0 aliphatic rings. The third-order valence-corrected chi connectivity index (χ3v) is 6.73. The Morgan fingerprint density at radius 1 is 1.16 bits per heavy atom. The minimum absolute atomic E-state index is 0.465. The Bertz CT molecular complexity index is 1010. The zero-order chi connectivity index (χ0) is 22.5. The molecule has 0 saturated heterocycles. The van der Waals surface area contributed by atoms with E-state index in [4.69, 9.17) is 14.2 Å². The summed E-state index contributed by atoms with van der Waals surface area (Å²) < 4.78 is 11.3. The lowest BCUT2D eigenvalue weighted by atomic mass is 9.98. The summed E-state index contributed by atoms with van der Waals surface area (Å²) in [6, 6.07) is 6.17. The lowest BCUT2D eigenvalue weighted by molar-refractivity contribution is 0.194. The highest BCUT2D eigenvalue weighted by molar-refractivity contribution is 7.15. The van der Waals surface area contributed by atoms with Gasteiger partial charge >= 0.3 is 0 Å². The summed E-state index contributed by atoms with van der Waals surface area (Å²) in [4.78, 5) is 9.41. The Morgan fingerprint density at radius 2 is 1.87 bits per heavy atom. The van der Waals surface area contributed by atoms with Gasteiger partial charge in [-0.25, -0.2) is 0 Å². The van der Waals surface area contributed by atoms with Crippen LogP contribution in [0.15, 0.2) is 22.7 Å². The molecular formula is C24H33N3O3S. The van der Waals surface area contributed by atoms with Gasteiger partial charge in [0.2, 0.25) is 5.82 Å². The summed E-state index contributed by atoms with van der Waals surface area (Å²) in [7, 11) is 1.67. The highest BCUT2D eigenvalue weighted by atomic mass is 32.1. The van der Waals surface area contributed by atoms with Crippen LogP contribution in [-0.2, 0) is 19.4 Å². The molecule has 1 atom stereocenters. The summed E-state index contributed by atoms with van der Waals surface area (Å²) in [5, 5.41) is 14.2. The van der Waals surface area contributed by atoms with Crippen molar-refractivity contribution in [1.29, 1.82) is 0 Å². The Hall–Kier alpha value is -2.22.